The molecular formula is C70H70BN3. The van der Waals surface area contributed by atoms with Crippen LogP contribution in [-0.2, 0) is 21.7 Å². The SMILES string of the molecule is CC(C)(C)c1ccc2c(c1)c1cc(C(C)(C)C)cc3c1n2-c1cc(N(c2ccccc2)c2ccccc2)cc2c1B3n1c3ccc(C45CC6CC(CC(C6)C4)C5)cc3c3cc(C45CC6CC(CC(C6)C4)C5)cc-2c31. The van der Waals surface area contributed by atoms with E-state index in [2.05, 4.69) is 189 Å². The molecule has 368 valence electrons. The summed E-state index contributed by atoms with van der Waals surface area (Å²) in [7, 11) is 0. The highest BCUT2D eigenvalue weighted by Crippen LogP contribution is 2.63. The molecule has 9 aromatic rings. The molecule has 19 rings (SSSR count). The van der Waals surface area contributed by atoms with Crippen molar-refractivity contribution in [1.82, 2.24) is 9.05 Å². The van der Waals surface area contributed by atoms with Crippen molar-refractivity contribution in [2.24, 2.45) is 35.5 Å². The predicted molar refractivity (Wildman–Crippen MR) is 311 cm³/mol. The lowest BCUT2D eigenvalue weighted by atomic mass is 9.45. The molecular weight excluding hydrogens is 894 g/mol. The molecule has 4 heteroatoms. The Hall–Kier alpha value is -6.00. The van der Waals surface area contributed by atoms with Crippen LogP contribution in [0.25, 0.3) is 60.4 Å². The average molecular weight is 964 g/mol. The standard InChI is InChI=1S/C70H70BN3/c1-67(2,3)47-17-19-61-54(27-47)58-29-49(68(4,5)6)32-60-66(58)73(61)63-34-53(72(51-13-9-7-10-14-51)52-15-11-8-12-16-52)33-56-59-31-50(70-38-44-24-45(39-70)26-46(25-44)40-70)30-57-55-28-48(18-20-62(55)74(65(57)59)71(60)64(56)63)69-35-41-21-42(36-69)23-43(22-41)37-69/h7-20,27-34,41-46H,21-26,35-40H2,1-6H3. The van der Waals surface area contributed by atoms with Crippen molar-refractivity contribution in [2.75, 3.05) is 4.90 Å². The number of benzene rings is 7. The summed E-state index contributed by atoms with van der Waals surface area (Å²) < 4.78 is 5.64. The molecule has 0 N–H and O–H groups in total. The normalized spacial score (nSPS) is 27.8. The fourth-order valence-electron chi connectivity index (χ4n) is 19.2. The smallest absolute Gasteiger partial charge is 0.333 e. The topological polar surface area (TPSA) is 13.1 Å². The van der Waals surface area contributed by atoms with Gasteiger partial charge in [-0.25, -0.2) is 0 Å². The number of hydrogen-bond acceptors (Lipinski definition) is 1. The Balaban J connectivity index is 1.03. The van der Waals surface area contributed by atoms with Crippen LogP contribution in [0.5, 0.6) is 0 Å². The number of hydrogen-bond donors (Lipinski definition) is 0. The van der Waals surface area contributed by atoms with Gasteiger partial charge in [0.2, 0.25) is 0 Å². The Kier molecular flexibility index (Phi) is 8.46. The van der Waals surface area contributed by atoms with Crippen molar-refractivity contribution in [3.8, 4) is 16.8 Å². The molecule has 8 saturated carbocycles. The predicted octanol–water partition coefficient (Wildman–Crippen LogP) is 16.8. The van der Waals surface area contributed by atoms with Gasteiger partial charge < -0.3 is 13.9 Å². The van der Waals surface area contributed by atoms with E-state index in [-0.39, 0.29) is 23.1 Å². The van der Waals surface area contributed by atoms with E-state index in [1.807, 2.05) is 0 Å². The van der Waals surface area contributed by atoms with Gasteiger partial charge in [-0.05, 0) is 252 Å². The van der Waals surface area contributed by atoms with Crippen LogP contribution in [0.2, 0.25) is 0 Å². The molecule has 2 aromatic heterocycles. The minimum atomic E-state index is -0.0419. The summed E-state index contributed by atoms with van der Waals surface area (Å²) >= 11 is 0. The van der Waals surface area contributed by atoms with Gasteiger partial charge in [0.05, 0.1) is 11.0 Å². The molecule has 8 fully saturated rings. The van der Waals surface area contributed by atoms with E-state index >= 15 is 0 Å². The van der Waals surface area contributed by atoms with Crippen LogP contribution >= 0.6 is 0 Å². The molecule has 0 unspecified atom stereocenters. The van der Waals surface area contributed by atoms with Crippen molar-refractivity contribution >= 4 is 78.4 Å². The number of nitrogens with zero attached hydrogens (tertiary/aromatic N) is 3. The van der Waals surface area contributed by atoms with Gasteiger partial charge in [0.1, 0.15) is 0 Å². The molecule has 0 amide bonds. The highest BCUT2D eigenvalue weighted by molar-refractivity contribution is 6.90. The molecule has 7 aromatic carbocycles. The Bertz CT molecular complexity index is 3780. The number of fused-ring (bicyclic) bond motifs is 10. The Morgan fingerprint density at radius 3 is 1.54 bits per heavy atom. The molecule has 8 aliphatic carbocycles. The average Bonchev–Trinajstić information content (AvgIpc) is 3.97. The fourth-order valence-corrected chi connectivity index (χ4v) is 19.2. The molecule has 74 heavy (non-hydrogen) atoms. The summed E-state index contributed by atoms with van der Waals surface area (Å²) in [4.78, 5) is 2.53. The summed E-state index contributed by atoms with van der Waals surface area (Å²) in [5.74, 6) is 5.36. The Labute approximate surface area is 438 Å². The van der Waals surface area contributed by atoms with E-state index < -0.39 is 0 Å². The Morgan fingerprint density at radius 1 is 0.446 bits per heavy atom. The number of para-hydroxylation sites is 2. The molecule has 0 atom stereocenters. The van der Waals surface area contributed by atoms with Crippen LogP contribution in [-0.4, -0.2) is 15.9 Å². The first-order chi connectivity index (χ1) is 35.8. The zero-order chi connectivity index (χ0) is 49.4. The number of aromatic nitrogens is 2. The van der Waals surface area contributed by atoms with Gasteiger partial charge >= 0.3 is 6.85 Å². The first-order valence-electron chi connectivity index (χ1n) is 29.1. The van der Waals surface area contributed by atoms with Crippen molar-refractivity contribution in [3.05, 3.63) is 156 Å². The van der Waals surface area contributed by atoms with Gasteiger partial charge in [-0.2, -0.15) is 0 Å². The molecule has 0 saturated heterocycles. The molecule has 0 radical (unpaired) electrons. The molecule has 2 aliphatic heterocycles. The minimum Gasteiger partial charge on any atom is -0.375 e. The Morgan fingerprint density at radius 2 is 0.959 bits per heavy atom. The third kappa shape index (κ3) is 5.87. The summed E-state index contributed by atoms with van der Waals surface area (Å²) in [6.45, 7) is 14.4. The van der Waals surface area contributed by atoms with Crippen molar-refractivity contribution in [1.29, 1.82) is 0 Å². The molecule has 3 nitrogen and oxygen atoms in total. The van der Waals surface area contributed by atoms with Crippen LogP contribution < -0.4 is 15.8 Å². The summed E-state index contributed by atoms with van der Waals surface area (Å²) in [5.41, 5.74) is 22.9. The van der Waals surface area contributed by atoms with E-state index in [9.17, 15) is 0 Å². The molecule has 0 spiro atoms. The van der Waals surface area contributed by atoms with Crippen LogP contribution in [0.4, 0.5) is 17.1 Å². The second-order valence-corrected chi connectivity index (χ2v) is 28.3. The molecule has 4 heterocycles. The van der Waals surface area contributed by atoms with E-state index in [1.54, 1.807) is 11.1 Å². The van der Waals surface area contributed by atoms with Crippen LogP contribution in [0, 0.1) is 35.5 Å². The quantitative estimate of drug-likeness (QED) is 0.157. The second kappa shape index (κ2) is 14.5. The lowest BCUT2D eigenvalue weighted by molar-refractivity contribution is -0.00527. The lowest BCUT2D eigenvalue weighted by Gasteiger charge is -2.57. The summed E-state index contributed by atoms with van der Waals surface area (Å²) in [5, 5.41) is 5.77. The zero-order valence-electron chi connectivity index (χ0n) is 44.6. The zero-order valence-corrected chi connectivity index (χ0v) is 44.6. The fraction of sp³-hybridized carbons (Fsp3) is 0.400. The van der Waals surface area contributed by atoms with Gasteiger partial charge in [0.15, 0.2) is 0 Å². The first kappa shape index (κ1) is 43.3. The van der Waals surface area contributed by atoms with Crippen LogP contribution in [0.15, 0.2) is 133 Å². The highest BCUT2D eigenvalue weighted by Gasteiger charge is 2.54. The van der Waals surface area contributed by atoms with Gasteiger partial charge in [0, 0.05) is 60.9 Å². The number of rotatable bonds is 5. The van der Waals surface area contributed by atoms with Gasteiger partial charge in [-0.1, -0.05) is 96.1 Å². The highest BCUT2D eigenvalue weighted by atomic mass is 15.1. The number of anilines is 3. The summed E-state index contributed by atoms with van der Waals surface area (Å²) in [6, 6.07) is 54.0. The maximum Gasteiger partial charge on any atom is 0.333 e. The third-order valence-electron chi connectivity index (χ3n) is 21.6. The van der Waals surface area contributed by atoms with Crippen molar-refractivity contribution in [2.45, 2.75) is 140 Å². The van der Waals surface area contributed by atoms with Gasteiger partial charge in [0.25, 0.3) is 0 Å². The van der Waals surface area contributed by atoms with E-state index in [0.717, 1.165) is 35.5 Å². The van der Waals surface area contributed by atoms with Gasteiger partial charge in [-0.15, -0.1) is 0 Å². The lowest BCUT2D eigenvalue weighted by Crippen LogP contribution is -2.55. The van der Waals surface area contributed by atoms with Crippen LogP contribution in [0.1, 0.15) is 141 Å². The van der Waals surface area contributed by atoms with E-state index in [0.29, 0.717) is 5.41 Å². The monoisotopic (exact) mass is 964 g/mol. The van der Waals surface area contributed by atoms with E-state index in [1.165, 1.54) is 177 Å². The largest absolute Gasteiger partial charge is 0.375 e. The summed E-state index contributed by atoms with van der Waals surface area (Å²) in [6.07, 6.45) is 17.1. The molecule has 8 bridgehead atoms. The van der Waals surface area contributed by atoms with Gasteiger partial charge in [-0.3, -0.25) is 0 Å². The molecule has 10 aliphatic rings. The van der Waals surface area contributed by atoms with Crippen molar-refractivity contribution < 1.29 is 0 Å². The van der Waals surface area contributed by atoms with Crippen molar-refractivity contribution in [3.63, 3.8) is 0 Å². The van der Waals surface area contributed by atoms with E-state index in [4.69, 9.17) is 0 Å². The maximum absolute atomic E-state index is 2.91. The second-order valence-electron chi connectivity index (χ2n) is 28.3. The third-order valence-corrected chi connectivity index (χ3v) is 21.6. The first-order valence-corrected chi connectivity index (χ1v) is 29.1. The minimum absolute atomic E-state index is 0.00273. The van der Waals surface area contributed by atoms with Crippen LogP contribution in [0.3, 0.4) is 0 Å². The maximum atomic E-state index is 2.91.